The second-order valence-corrected chi connectivity index (χ2v) is 9.25. The molecule has 1 aliphatic rings. The normalized spacial score (nSPS) is 18.0. The van der Waals surface area contributed by atoms with Crippen LogP contribution in [-0.2, 0) is 19.1 Å². The monoisotopic (exact) mass is 443 g/mol. The molecule has 2 N–H and O–H groups in total. The van der Waals surface area contributed by atoms with E-state index >= 15 is 0 Å². The van der Waals surface area contributed by atoms with E-state index in [-0.39, 0.29) is 18.9 Å². The highest BCUT2D eigenvalue weighted by molar-refractivity contribution is 5.66. The molecule has 7 heteroatoms. The molecule has 0 amide bonds. The fourth-order valence-electron chi connectivity index (χ4n) is 4.26. The van der Waals surface area contributed by atoms with E-state index in [2.05, 4.69) is 19.0 Å². The Bertz CT molecular complexity index is 466. The molecule has 1 fully saturated rings. The van der Waals surface area contributed by atoms with Gasteiger partial charge in [0, 0.05) is 32.2 Å². The van der Waals surface area contributed by atoms with Crippen molar-refractivity contribution in [2.24, 2.45) is 0 Å². The van der Waals surface area contributed by atoms with Crippen LogP contribution in [0.4, 0.5) is 0 Å². The van der Waals surface area contributed by atoms with Gasteiger partial charge in [0.05, 0.1) is 12.7 Å². The lowest BCUT2D eigenvalue weighted by Gasteiger charge is -2.29. The molecule has 0 aliphatic carbocycles. The van der Waals surface area contributed by atoms with Crippen LogP contribution in [0.3, 0.4) is 0 Å². The van der Waals surface area contributed by atoms with Crippen molar-refractivity contribution < 1.29 is 29.3 Å². The first kappa shape index (κ1) is 27.9. The second kappa shape index (κ2) is 16.5. The molecule has 0 aromatic rings. The first-order valence-corrected chi connectivity index (χ1v) is 12.2. The number of rotatable bonds is 20. The van der Waals surface area contributed by atoms with Gasteiger partial charge in [0.2, 0.25) is 0 Å². The average molecular weight is 444 g/mol. The van der Waals surface area contributed by atoms with Crippen molar-refractivity contribution in [3.05, 3.63) is 0 Å². The fraction of sp³-hybridized carbons (Fsp3) is 0.917. The summed E-state index contributed by atoms with van der Waals surface area (Å²) in [5.41, 5.74) is 0. The Morgan fingerprint density at radius 2 is 1.19 bits per heavy atom. The molecule has 1 aliphatic heterocycles. The number of carboxylic acid groups (broad SMARTS) is 2. The summed E-state index contributed by atoms with van der Waals surface area (Å²) in [6, 6.07) is 0. The van der Waals surface area contributed by atoms with Crippen LogP contribution < -0.4 is 0 Å². The number of nitrogens with zero attached hydrogens (tertiary/aromatic N) is 1. The smallest absolute Gasteiger partial charge is 0.303 e. The quantitative estimate of drug-likeness (QED) is 0.254. The van der Waals surface area contributed by atoms with Crippen LogP contribution in [-0.4, -0.2) is 66.2 Å². The lowest BCUT2D eigenvalue weighted by Crippen LogP contribution is -2.33. The van der Waals surface area contributed by atoms with Gasteiger partial charge in [0.1, 0.15) is 0 Å². The molecule has 0 saturated carbocycles. The molecule has 1 heterocycles. The van der Waals surface area contributed by atoms with Gasteiger partial charge in [-0.05, 0) is 39.8 Å². The minimum absolute atomic E-state index is 0.127. The van der Waals surface area contributed by atoms with Crippen LogP contribution in [0.15, 0.2) is 0 Å². The Kier molecular flexibility index (Phi) is 14.8. The van der Waals surface area contributed by atoms with Crippen molar-refractivity contribution in [3.8, 4) is 0 Å². The molecule has 0 aromatic heterocycles. The summed E-state index contributed by atoms with van der Waals surface area (Å²) < 4.78 is 12.6. The summed E-state index contributed by atoms with van der Waals surface area (Å²) in [7, 11) is 4.11. The third kappa shape index (κ3) is 14.5. The van der Waals surface area contributed by atoms with Crippen LogP contribution >= 0.6 is 0 Å². The van der Waals surface area contributed by atoms with E-state index in [1.54, 1.807) is 0 Å². The maximum absolute atomic E-state index is 10.6. The second-order valence-electron chi connectivity index (χ2n) is 9.25. The van der Waals surface area contributed by atoms with Crippen LogP contribution in [0, 0.1) is 0 Å². The lowest BCUT2D eigenvalue weighted by molar-refractivity contribution is -0.180. The molecule has 0 bridgehead atoms. The highest BCUT2D eigenvalue weighted by Crippen LogP contribution is 2.34. The summed E-state index contributed by atoms with van der Waals surface area (Å²) in [4.78, 5) is 23.2. The van der Waals surface area contributed by atoms with Gasteiger partial charge < -0.3 is 24.6 Å². The Morgan fingerprint density at radius 3 is 1.61 bits per heavy atom. The zero-order valence-electron chi connectivity index (χ0n) is 19.8. The predicted molar refractivity (Wildman–Crippen MR) is 121 cm³/mol. The molecule has 1 rings (SSSR count). The lowest BCUT2D eigenvalue weighted by atomic mass is 9.98. The van der Waals surface area contributed by atoms with Gasteiger partial charge in [-0.25, -0.2) is 0 Å². The van der Waals surface area contributed by atoms with E-state index in [1.807, 2.05) is 0 Å². The molecule has 0 spiro atoms. The molecule has 1 atom stereocenters. The minimum atomic E-state index is -0.704. The third-order valence-corrected chi connectivity index (χ3v) is 5.88. The predicted octanol–water partition coefficient (Wildman–Crippen LogP) is 5.07. The standard InChI is InChI=1S/C24H45NO6/c1-25(2)19-21-20-30-24(31-21,17-13-9-5-3-7-11-15-22(26)27)18-14-10-6-4-8-12-16-23(28)29/h21H,3-20H2,1-2H3,(H,26,27)(H,28,29). The van der Waals surface area contributed by atoms with Crippen molar-refractivity contribution in [1.29, 1.82) is 0 Å². The Morgan fingerprint density at radius 1 is 0.774 bits per heavy atom. The number of ether oxygens (including phenoxy) is 2. The highest BCUT2D eigenvalue weighted by Gasteiger charge is 2.40. The van der Waals surface area contributed by atoms with Gasteiger partial charge in [-0.3, -0.25) is 9.59 Å². The van der Waals surface area contributed by atoms with Crippen molar-refractivity contribution in [1.82, 2.24) is 4.90 Å². The summed E-state index contributed by atoms with van der Waals surface area (Å²) in [5.74, 6) is -1.86. The van der Waals surface area contributed by atoms with E-state index in [4.69, 9.17) is 19.7 Å². The van der Waals surface area contributed by atoms with E-state index in [0.29, 0.717) is 6.61 Å². The summed E-state index contributed by atoms with van der Waals surface area (Å²) in [6.07, 6.45) is 14.9. The summed E-state index contributed by atoms with van der Waals surface area (Å²) in [6.45, 7) is 1.53. The molecular formula is C24H45NO6. The summed E-state index contributed by atoms with van der Waals surface area (Å²) in [5, 5.41) is 17.4. The van der Waals surface area contributed by atoms with Crippen molar-refractivity contribution in [2.45, 2.75) is 115 Å². The van der Waals surface area contributed by atoms with Crippen molar-refractivity contribution >= 4 is 11.9 Å². The van der Waals surface area contributed by atoms with Crippen LogP contribution in [0.1, 0.15) is 103 Å². The molecule has 31 heavy (non-hydrogen) atoms. The van der Waals surface area contributed by atoms with Gasteiger partial charge in [0.15, 0.2) is 5.79 Å². The van der Waals surface area contributed by atoms with Gasteiger partial charge in [0.25, 0.3) is 0 Å². The number of likely N-dealkylation sites (N-methyl/N-ethyl adjacent to an activating group) is 1. The van der Waals surface area contributed by atoms with Gasteiger partial charge in [-0.1, -0.05) is 51.4 Å². The number of hydrogen-bond donors (Lipinski definition) is 2. The SMILES string of the molecule is CN(C)CC1COC(CCCCCCCCC(=O)O)(CCCCCCCCC(=O)O)O1. The number of aliphatic carboxylic acids is 2. The molecule has 7 nitrogen and oxygen atoms in total. The third-order valence-electron chi connectivity index (χ3n) is 5.88. The zero-order chi connectivity index (χ0) is 23.0. The van der Waals surface area contributed by atoms with Gasteiger partial charge in [-0.15, -0.1) is 0 Å². The number of carboxylic acids is 2. The highest BCUT2D eigenvalue weighted by atomic mass is 16.7. The Labute approximate surface area is 188 Å². The molecule has 1 saturated heterocycles. The van der Waals surface area contributed by atoms with E-state index < -0.39 is 17.7 Å². The molecule has 1 unspecified atom stereocenters. The van der Waals surface area contributed by atoms with Gasteiger partial charge >= 0.3 is 11.9 Å². The molecule has 0 radical (unpaired) electrons. The Balaban J connectivity index is 2.27. The van der Waals surface area contributed by atoms with Crippen molar-refractivity contribution in [2.75, 3.05) is 27.2 Å². The largest absolute Gasteiger partial charge is 0.481 e. The number of carbonyl (C=O) groups is 2. The summed E-state index contributed by atoms with van der Waals surface area (Å²) >= 11 is 0. The van der Waals surface area contributed by atoms with Crippen molar-refractivity contribution in [3.63, 3.8) is 0 Å². The molecule has 182 valence electrons. The first-order chi connectivity index (χ1) is 14.8. The van der Waals surface area contributed by atoms with Gasteiger partial charge in [-0.2, -0.15) is 0 Å². The first-order valence-electron chi connectivity index (χ1n) is 12.2. The van der Waals surface area contributed by atoms with Crippen LogP contribution in [0.5, 0.6) is 0 Å². The van der Waals surface area contributed by atoms with E-state index in [1.165, 1.54) is 0 Å². The zero-order valence-corrected chi connectivity index (χ0v) is 19.8. The van der Waals surface area contributed by atoms with Crippen LogP contribution in [0.25, 0.3) is 0 Å². The van der Waals surface area contributed by atoms with E-state index in [9.17, 15) is 9.59 Å². The fourth-order valence-corrected chi connectivity index (χ4v) is 4.26. The molecule has 0 aromatic carbocycles. The minimum Gasteiger partial charge on any atom is -0.481 e. The Hall–Kier alpha value is -1.18. The number of unbranched alkanes of at least 4 members (excludes halogenated alkanes) is 10. The van der Waals surface area contributed by atoms with Crippen LogP contribution in [0.2, 0.25) is 0 Å². The van der Waals surface area contributed by atoms with E-state index in [0.717, 1.165) is 96.4 Å². The molecular weight excluding hydrogens is 398 g/mol. The maximum atomic E-state index is 10.6. The maximum Gasteiger partial charge on any atom is 0.303 e. The topological polar surface area (TPSA) is 96.3 Å². The number of hydrogen-bond acceptors (Lipinski definition) is 5. The average Bonchev–Trinajstić information content (AvgIpc) is 3.07.